The Morgan fingerprint density at radius 3 is 2.18 bits per heavy atom. The number of ether oxygens (including phenoxy) is 1. The maximum Gasteiger partial charge on any atom is 0.338 e. The van der Waals surface area contributed by atoms with E-state index in [0.717, 1.165) is 24.5 Å². The summed E-state index contributed by atoms with van der Waals surface area (Å²) in [7, 11) is 1.62. The molecule has 28 heavy (non-hydrogen) atoms. The number of benzene rings is 2. The van der Waals surface area contributed by atoms with Crippen LogP contribution in [0.5, 0.6) is 5.75 Å². The summed E-state index contributed by atoms with van der Waals surface area (Å²) >= 11 is 0. The minimum atomic E-state index is -1.29. The van der Waals surface area contributed by atoms with Gasteiger partial charge in [-0.25, -0.2) is 9.18 Å². The van der Waals surface area contributed by atoms with Crippen molar-refractivity contribution in [1.29, 1.82) is 0 Å². The molecular weight excluding hydrogens is 355 g/mol. The van der Waals surface area contributed by atoms with E-state index in [1.165, 1.54) is 23.3 Å². The normalized spacial score (nSPS) is 16.5. The predicted octanol–water partition coefficient (Wildman–Crippen LogP) is 5.28. The largest absolute Gasteiger partial charge is 0.495 e. The van der Waals surface area contributed by atoms with Crippen molar-refractivity contribution in [3.8, 4) is 17.6 Å². The van der Waals surface area contributed by atoms with Crippen molar-refractivity contribution in [1.82, 2.24) is 0 Å². The summed E-state index contributed by atoms with van der Waals surface area (Å²) in [5.41, 5.74) is 3.46. The van der Waals surface area contributed by atoms with Gasteiger partial charge in [0, 0.05) is 5.56 Å². The molecule has 0 saturated heterocycles. The van der Waals surface area contributed by atoms with Crippen LogP contribution in [0, 0.1) is 17.7 Å². The molecule has 2 aromatic rings. The van der Waals surface area contributed by atoms with Crippen LogP contribution >= 0.6 is 0 Å². The van der Waals surface area contributed by atoms with E-state index in [1.807, 2.05) is 0 Å². The van der Waals surface area contributed by atoms with Crippen LogP contribution in [0.25, 0.3) is 0 Å². The van der Waals surface area contributed by atoms with E-state index in [4.69, 9.17) is 9.84 Å². The Labute approximate surface area is 165 Å². The first-order valence-corrected chi connectivity index (χ1v) is 9.33. The van der Waals surface area contributed by atoms with Crippen LogP contribution < -0.4 is 4.74 Å². The molecule has 0 heterocycles. The van der Waals surface area contributed by atoms with Crippen molar-refractivity contribution in [3.05, 3.63) is 64.0 Å². The number of carboxylic acid groups (broad SMARTS) is 1. The first-order valence-electron chi connectivity index (χ1n) is 9.33. The van der Waals surface area contributed by atoms with Gasteiger partial charge in [0.25, 0.3) is 0 Å². The summed E-state index contributed by atoms with van der Waals surface area (Å²) < 4.78 is 19.5. The molecule has 0 bridgehead atoms. The Balaban J connectivity index is 2.08. The van der Waals surface area contributed by atoms with Gasteiger partial charge in [0.2, 0.25) is 0 Å². The molecule has 0 aliphatic heterocycles. The van der Waals surface area contributed by atoms with Gasteiger partial charge in [-0.3, -0.25) is 0 Å². The van der Waals surface area contributed by atoms with E-state index in [2.05, 4.69) is 51.7 Å². The monoisotopic (exact) mass is 380 g/mol. The second kappa shape index (κ2) is 6.98. The van der Waals surface area contributed by atoms with Crippen molar-refractivity contribution in [2.45, 2.75) is 51.4 Å². The summed E-state index contributed by atoms with van der Waals surface area (Å²) in [5.74, 6) is 4.63. The molecule has 1 N–H and O–H groups in total. The van der Waals surface area contributed by atoms with E-state index in [9.17, 15) is 9.18 Å². The smallest absolute Gasteiger partial charge is 0.338 e. The molecule has 2 aromatic carbocycles. The Hall–Kier alpha value is -2.80. The van der Waals surface area contributed by atoms with E-state index >= 15 is 0 Å². The second-order valence-corrected chi connectivity index (χ2v) is 8.62. The first-order chi connectivity index (χ1) is 13.0. The number of halogens is 1. The molecule has 0 spiro atoms. The van der Waals surface area contributed by atoms with Gasteiger partial charge >= 0.3 is 5.97 Å². The quantitative estimate of drug-likeness (QED) is 0.721. The van der Waals surface area contributed by atoms with Crippen molar-refractivity contribution >= 4 is 5.97 Å². The molecule has 3 rings (SSSR count). The standard InChI is InChI=1S/C24H25FO3/c1-23(2)10-11-24(3,4)19-14-21(28-5)16(13-18(19)23)8-6-15-7-9-17(22(26)27)20(25)12-15/h7,9,12-14H,10-11H2,1-5H3,(H,26,27). The number of carboxylic acids is 1. The van der Waals surface area contributed by atoms with Crippen LogP contribution in [0.3, 0.4) is 0 Å². The van der Waals surface area contributed by atoms with Gasteiger partial charge in [-0.1, -0.05) is 39.5 Å². The molecule has 1 aliphatic rings. The SMILES string of the molecule is COc1cc2c(cc1C#Cc1ccc(C(=O)O)c(F)c1)C(C)(C)CCC2(C)C. The van der Waals surface area contributed by atoms with Crippen molar-refractivity contribution < 1.29 is 19.0 Å². The Kier molecular flexibility index (Phi) is 4.97. The minimum Gasteiger partial charge on any atom is -0.495 e. The number of hydrogen-bond acceptors (Lipinski definition) is 2. The Morgan fingerprint density at radius 2 is 1.64 bits per heavy atom. The molecule has 0 atom stereocenters. The van der Waals surface area contributed by atoms with Crippen LogP contribution in [-0.4, -0.2) is 18.2 Å². The average molecular weight is 380 g/mol. The zero-order valence-corrected chi connectivity index (χ0v) is 16.9. The molecule has 0 radical (unpaired) electrons. The number of rotatable bonds is 2. The predicted molar refractivity (Wildman–Crippen MR) is 108 cm³/mol. The summed E-state index contributed by atoms with van der Waals surface area (Å²) in [6.45, 7) is 8.98. The number of hydrogen-bond donors (Lipinski definition) is 1. The number of methoxy groups -OCH3 is 1. The van der Waals surface area contributed by atoms with Gasteiger partial charge in [-0.05, 0) is 65.1 Å². The highest BCUT2D eigenvalue weighted by atomic mass is 19.1. The van der Waals surface area contributed by atoms with Gasteiger partial charge in [0.15, 0.2) is 0 Å². The third-order valence-corrected chi connectivity index (χ3v) is 5.71. The molecule has 3 nitrogen and oxygen atoms in total. The van der Waals surface area contributed by atoms with E-state index < -0.39 is 11.8 Å². The highest BCUT2D eigenvalue weighted by Gasteiger charge is 2.37. The molecule has 0 amide bonds. The molecular formula is C24H25FO3. The van der Waals surface area contributed by atoms with Gasteiger partial charge < -0.3 is 9.84 Å². The van der Waals surface area contributed by atoms with E-state index in [-0.39, 0.29) is 16.4 Å². The molecule has 0 unspecified atom stereocenters. The lowest BCUT2D eigenvalue weighted by molar-refractivity contribution is 0.0692. The van der Waals surface area contributed by atoms with Crippen LogP contribution in [-0.2, 0) is 10.8 Å². The first kappa shape index (κ1) is 19.9. The Bertz CT molecular complexity index is 1010. The van der Waals surface area contributed by atoms with E-state index in [0.29, 0.717) is 11.3 Å². The highest BCUT2D eigenvalue weighted by Crippen LogP contribution is 2.47. The number of fused-ring (bicyclic) bond motifs is 1. The van der Waals surface area contributed by atoms with Crippen molar-refractivity contribution in [3.63, 3.8) is 0 Å². The van der Waals surface area contributed by atoms with Gasteiger partial charge in [-0.2, -0.15) is 0 Å². The molecule has 0 aromatic heterocycles. The maximum absolute atomic E-state index is 13.9. The van der Waals surface area contributed by atoms with Gasteiger partial charge in [-0.15, -0.1) is 0 Å². The third-order valence-electron chi connectivity index (χ3n) is 5.71. The molecule has 1 aliphatic carbocycles. The molecule has 0 fully saturated rings. The van der Waals surface area contributed by atoms with Crippen LogP contribution in [0.4, 0.5) is 4.39 Å². The minimum absolute atomic E-state index is 0.0444. The van der Waals surface area contributed by atoms with Crippen LogP contribution in [0.15, 0.2) is 30.3 Å². The fourth-order valence-corrected chi connectivity index (χ4v) is 3.77. The van der Waals surface area contributed by atoms with Crippen LogP contribution in [0.2, 0.25) is 0 Å². The highest BCUT2D eigenvalue weighted by molar-refractivity contribution is 5.88. The lowest BCUT2D eigenvalue weighted by atomic mass is 9.63. The fraction of sp³-hybridized carbons (Fsp3) is 0.375. The lowest BCUT2D eigenvalue weighted by Gasteiger charge is -2.42. The lowest BCUT2D eigenvalue weighted by Crippen LogP contribution is -2.34. The van der Waals surface area contributed by atoms with E-state index in [1.54, 1.807) is 7.11 Å². The summed E-state index contributed by atoms with van der Waals surface area (Å²) in [6.07, 6.45) is 2.20. The van der Waals surface area contributed by atoms with Crippen molar-refractivity contribution in [2.24, 2.45) is 0 Å². The molecule has 146 valence electrons. The molecule has 0 saturated carbocycles. The molecule has 4 heteroatoms. The second-order valence-electron chi connectivity index (χ2n) is 8.62. The summed E-state index contributed by atoms with van der Waals surface area (Å²) in [5, 5.41) is 8.94. The zero-order chi connectivity index (χ0) is 20.7. The maximum atomic E-state index is 13.9. The summed E-state index contributed by atoms with van der Waals surface area (Å²) in [6, 6.07) is 8.06. The topological polar surface area (TPSA) is 46.5 Å². The fourth-order valence-electron chi connectivity index (χ4n) is 3.77. The number of aromatic carboxylic acids is 1. The van der Waals surface area contributed by atoms with Gasteiger partial charge in [0.05, 0.1) is 18.2 Å². The van der Waals surface area contributed by atoms with Crippen LogP contribution in [0.1, 0.15) is 73.1 Å². The zero-order valence-electron chi connectivity index (χ0n) is 16.9. The summed E-state index contributed by atoms with van der Waals surface area (Å²) in [4.78, 5) is 11.0. The third kappa shape index (κ3) is 3.62. The number of carbonyl (C=O) groups is 1. The Morgan fingerprint density at radius 1 is 1.04 bits per heavy atom. The van der Waals surface area contributed by atoms with Gasteiger partial charge in [0.1, 0.15) is 11.6 Å². The average Bonchev–Trinajstić information content (AvgIpc) is 2.63. The van der Waals surface area contributed by atoms with Crippen molar-refractivity contribution in [2.75, 3.05) is 7.11 Å².